The predicted molar refractivity (Wildman–Crippen MR) is 102 cm³/mol. The van der Waals surface area contributed by atoms with E-state index >= 15 is 0 Å². The highest BCUT2D eigenvalue weighted by atomic mass is 35.5. The first-order valence-corrected chi connectivity index (χ1v) is 9.34. The molecule has 0 radical (unpaired) electrons. The first-order chi connectivity index (χ1) is 12.3. The Bertz CT molecular complexity index is 785. The number of hydrogen-bond acceptors (Lipinski definition) is 5. The lowest BCUT2D eigenvalue weighted by Crippen LogP contribution is -2.31. The highest BCUT2D eigenvalue weighted by Crippen LogP contribution is 2.18. The average molecular weight is 394 g/mol. The molecule has 0 unspecified atom stereocenters. The molecule has 2 rings (SSSR count). The van der Waals surface area contributed by atoms with Crippen molar-refractivity contribution in [2.45, 2.75) is 32.7 Å². The number of benzene rings is 1. The maximum atomic E-state index is 11.9. The van der Waals surface area contributed by atoms with Gasteiger partial charge in [0.15, 0.2) is 12.4 Å². The van der Waals surface area contributed by atoms with Crippen LogP contribution in [0.5, 0.6) is 0 Å². The lowest BCUT2D eigenvalue weighted by atomic mass is 10.1. The van der Waals surface area contributed by atoms with Crippen LogP contribution in [0.1, 0.15) is 45.9 Å². The van der Waals surface area contributed by atoms with E-state index in [-0.39, 0.29) is 31.3 Å². The van der Waals surface area contributed by atoms with E-state index in [1.54, 1.807) is 18.2 Å². The first kappa shape index (κ1) is 20.1. The van der Waals surface area contributed by atoms with Gasteiger partial charge in [-0.25, -0.2) is 0 Å². The number of amides is 1. The lowest BCUT2D eigenvalue weighted by Gasteiger charge is -2.14. The molecule has 1 aromatic carbocycles. The molecule has 0 saturated heterocycles. The zero-order valence-corrected chi connectivity index (χ0v) is 16.2. The number of ether oxygens (including phenoxy) is 1. The van der Waals surface area contributed by atoms with Crippen LogP contribution in [0.25, 0.3) is 0 Å². The fraction of sp³-hybridized carbons (Fsp3) is 0.316. The fourth-order valence-corrected chi connectivity index (χ4v) is 3.22. The van der Waals surface area contributed by atoms with Crippen LogP contribution in [-0.2, 0) is 14.3 Å². The van der Waals surface area contributed by atoms with Gasteiger partial charge in [-0.3, -0.25) is 14.4 Å². The van der Waals surface area contributed by atoms with E-state index in [1.807, 2.05) is 32.0 Å². The monoisotopic (exact) mass is 393 g/mol. The smallest absolute Gasteiger partial charge is 0.306 e. The Labute approximate surface area is 161 Å². The van der Waals surface area contributed by atoms with E-state index in [1.165, 1.54) is 11.3 Å². The molecule has 1 amide bonds. The number of halogens is 1. The van der Waals surface area contributed by atoms with Crippen molar-refractivity contribution in [2.24, 2.45) is 0 Å². The molecule has 1 heterocycles. The molecule has 26 heavy (non-hydrogen) atoms. The number of esters is 1. The van der Waals surface area contributed by atoms with Gasteiger partial charge in [-0.1, -0.05) is 23.7 Å². The Balaban J connectivity index is 1.70. The SMILES string of the molecule is Cc1ccc(C(=O)CCC(=O)OCC(=O)N[C@H](C)c2ccc(Cl)cc2)s1. The molecular formula is C19H20ClNO4S. The molecule has 0 bridgehead atoms. The quantitative estimate of drug-likeness (QED) is 0.541. The van der Waals surface area contributed by atoms with Gasteiger partial charge < -0.3 is 10.1 Å². The zero-order valence-electron chi connectivity index (χ0n) is 14.6. The van der Waals surface area contributed by atoms with Crippen LogP contribution >= 0.6 is 22.9 Å². The van der Waals surface area contributed by atoms with Crippen molar-refractivity contribution < 1.29 is 19.1 Å². The predicted octanol–water partition coefficient (Wildman–Crippen LogP) is 4.09. The third-order valence-electron chi connectivity index (χ3n) is 3.68. The van der Waals surface area contributed by atoms with Gasteiger partial charge in [-0.15, -0.1) is 11.3 Å². The summed E-state index contributed by atoms with van der Waals surface area (Å²) in [6.07, 6.45) is 0.0252. The average Bonchev–Trinajstić information content (AvgIpc) is 3.05. The summed E-state index contributed by atoms with van der Waals surface area (Å²) in [6.45, 7) is 3.37. The molecule has 0 aliphatic heterocycles. The minimum atomic E-state index is -0.569. The highest BCUT2D eigenvalue weighted by Gasteiger charge is 2.14. The standard InChI is InChI=1S/C19H20ClNO4S/c1-12-3-9-17(26-12)16(22)8-10-19(24)25-11-18(23)21-13(2)14-4-6-15(20)7-5-14/h3-7,9,13H,8,10-11H2,1-2H3,(H,21,23)/t13-/m1/s1. The normalized spacial score (nSPS) is 11.7. The largest absolute Gasteiger partial charge is 0.456 e. The van der Waals surface area contributed by atoms with Gasteiger partial charge in [0.25, 0.3) is 5.91 Å². The number of aryl methyl sites for hydroxylation is 1. The second-order valence-corrected chi connectivity index (χ2v) is 7.56. The molecule has 7 heteroatoms. The summed E-state index contributed by atoms with van der Waals surface area (Å²) in [4.78, 5) is 37.2. The molecule has 0 saturated carbocycles. The minimum absolute atomic E-state index is 0.0458. The Hall–Kier alpha value is -2.18. The summed E-state index contributed by atoms with van der Waals surface area (Å²) in [6, 6.07) is 10.5. The van der Waals surface area contributed by atoms with Crippen molar-refractivity contribution in [3.05, 3.63) is 56.7 Å². The molecule has 0 fully saturated rings. The van der Waals surface area contributed by atoms with Crippen molar-refractivity contribution in [3.63, 3.8) is 0 Å². The van der Waals surface area contributed by atoms with Gasteiger partial charge in [0.2, 0.25) is 0 Å². The number of rotatable bonds is 8. The van der Waals surface area contributed by atoms with Gasteiger partial charge in [0.05, 0.1) is 17.3 Å². The summed E-state index contributed by atoms with van der Waals surface area (Å²) >= 11 is 7.23. The van der Waals surface area contributed by atoms with Crippen LogP contribution in [-0.4, -0.2) is 24.3 Å². The number of carbonyl (C=O) groups excluding carboxylic acids is 3. The summed E-state index contributed by atoms with van der Waals surface area (Å²) in [5.74, 6) is -1.07. The molecule has 1 atom stereocenters. The number of nitrogens with one attached hydrogen (secondary N) is 1. The van der Waals surface area contributed by atoms with Gasteiger partial charge in [0.1, 0.15) is 0 Å². The van der Waals surface area contributed by atoms with Crippen molar-refractivity contribution in [3.8, 4) is 0 Å². The maximum absolute atomic E-state index is 11.9. The van der Waals surface area contributed by atoms with Crippen LogP contribution < -0.4 is 5.32 Å². The summed E-state index contributed by atoms with van der Waals surface area (Å²) in [7, 11) is 0. The van der Waals surface area contributed by atoms with E-state index in [4.69, 9.17) is 16.3 Å². The topological polar surface area (TPSA) is 72.5 Å². The Morgan fingerprint density at radius 2 is 1.81 bits per heavy atom. The molecule has 2 aromatic rings. The van der Waals surface area contributed by atoms with Crippen molar-refractivity contribution >= 4 is 40.6 Å². The van der Waals surface area contributed by atoms with Crippen LogP contribution in [0.4, 0.5) is 0 Å². The number of carbonyl (C=O) groups is 3. The molecular weight excluding hydrogens is 374 g/mol. The molecule has 5 nitrogen and oxygen atoms in total. The van der Waals surface area contributed by atoms with Crippen molar-refractivity contribution in [1.29, 1.82) is 0 Å². The Morgan fingerprint density at radius 1 is 1.12 bits per heavy atom. The second-order valence-electron chi connectivity index (χ2n) is 5.83. The maximum Gasteiger partial charge on any atom is 0.306 e. The van der Waals surface area contributed by atoms with E-state index in [0.717, 1.165) is 10.4 Å². The van der Waals surface area contributed by atoms with E-state index in [2.05, 4.69) is 5.32 Å². The van der Waals surface area contributed by atoms with Gasteiger partial charge in [0, 0.05) is 16.3 Å². The zero-order chi connectivity index (χ0) is 19.1. The number of ketones is 1. The Morgan fingerprint density at radius 3 is 2.42 bits per heavy atom. The van der Waals surface area contributed by atoms with Crippen molar-refractivity contribution in [1.82, 2.24) is 5.32 Å². The molecule has 0 spiro atoms. The van der Waals surface area contributed by atoms with Crippen LogP contribution in [0.3, 0.4) is 0 Å². The third-order valence-corrected chi connectivity index (χ3v) is 4.98. The van der Waals surface area contributed by atoms with E-state index in [9.17, 15) is 14.4 Å². The van der Waals surface area contributed by atoms with E-state index in [0.29, 0.717) is 9.90 Å². The van der Waals surface area contributed by atoms with Crippen molar-refractivity contribution in [2.75, 3.05) is 6.61 Å². The molecule has 1 aromatic heterocycles. The van der Waals surface area contributed by atoms with E-state index < -0.39 is 11.9 Å². The first-order valence-electron chi connectivity index (χ1n) is 8.15. The number of thiophene rings is 1. The van der Waals surface area contributed by atoms with Gasteiger partial charge >= 0.3 is 5.97 Å². The third kappa shape index (κ3) is 6.28. The molecule has 0 aliphatic carbocycles. The fourth-order valence-electron chi connectivity index (χ4n) is 2.26. The minimum Gasteiger partial charge on any atom is -0.456 e. The van der Waals surface area contributed by atoms with Crippen LogP contribution in [0.2, 0.25) is 5.02 Å². The molecule has 0 aliphatic rings. The van der Waals surface area contributed by atoms with Gasteiger partial charge in [-0.05, 0) is 43.7 Å². The molecule has 1 N–H and O–H groups in total. The number of hydrogen-bond donors (Lipinski definition) is 1. The summed E-state index contributed by atoms with van der Waals surface area (Å²) in [5.41, 5.74) is 0.894. The molecule has 138 valence electrons. The number of Topliss-reactive ketones (excluding diaryl/α,β-unsaturated/α-hetero) is 1. The summed E-state index contributed by atoms with van der Waals surface area (Å²) in [5, 5.41) is 3.36. The van der Waals surface area contributed by atoms with Gasteiger partial charge in [-0.2, -0.15) is 0 Å². The second kappa shape index (κ2) is 9.50. The Kier molecular flexibility index (Phi) is 7.36. The highest BCUT2D eigenvalue weighted by molar-refractivity contribution is 7.14. The van der Waals surface area contributed by atoms with Crippen LogP contribution in [0, 0.1) is 6.92 Å². The lowest BCUT2D eigenvalue weighted by molar-refractivity contribution is -0.148. The summed E-state index contributed by atoms with van der Waals surface area (Å²) < 4.78 is 4.93. The van der Waals surface area contributed by atoms with Crippen LogP contribution in [0.15, 0.2) is 36.4 Å².